The third-order valence-corrected chi connectivity index (χ3v) is 4.43. The normalized spacial score (nSPS) is 17.4. The molecule has 1 aliphatic rings. The fourth-order valence-electron chi connectivity index (χ4n) is 3.03. The van der Waals surface area contributed by atoms with Gasteiger partial charge in [0.15, 0.2) is 0 Å². The fraction of sp³-hybridized carbons (Fsp3) is 0.474. The highest BCUT2D eigenvalue weighted by Crippen LogP contribution is 2.18. The van der Waals surface area contributed by atoms with E-state index in [0.717, 1.165) is 24.9 Å². The molecule has 5 nitrogen and oxygen atoms in total. The van der Waals surface area contributed by atoms with E-state index in [1.165, 1.54) is 5.69 Å². The van der Waals surface area contributed by atoms with Gasteiger partial charge in [-0.2, -0.15) is 0 Å². The molecule has 128 valence electrons. The lowest BCUT2D eigenvalue weighted by atomic mass is 10.2. The summed E-state index contributed by atoms with van der Waals surface area (Å²) in [5.41, 5.74) is 2.28. The molecular weight excluding hydrogens is 302 g/mol. The molecule has 0 aliphatic carbocycles. The van der Waals surface area contributed by atoms with Crippen LogP contribution in [0.3, 0.4) is 0 Å². The van der Waals surface area contributed by atoms with E-state index >= 15 is 0 Å². The molecule has 0 bridgehead atoms. The first-order valence-corrected chi connectivity index (χ1v) is 8.68. The summed E-state index contributed by atoms with van der Waals surface area (Å²) in [6.07, 6.45) is 8.22. The number of hydrogen-bond acceptors (Lipinski definition) is 3. The molecule has 3 heterocycles. The molecule has 24 heavy (non-hydrogen) atoms. The highest BCUT2D eigenvalue weighted by Gasteiger charge is 2.25. The monoisotopic (exact) mass is 327 g/mol. The Balaban J connectivity index is 1.68. The lowest BCUT2D eigenvalue weighted by Crippen LogP contribution is -2.37. The summed E-state index contributed by atoms with van der Waals surface area (Å²) in [7, 11) is 0. The van der Waals surface area contributed by atoms with Crippen molar-refractivity contribution in [1.29, 1.82) is 0 Å². The summed E-state index contributed by atoms with van der Waals surface area (Å²) in [6, 6.07) is 8.05. The van der Waals surface area contributed by atoms with Gasteiger partial charge < -0.3 is 14.2 Å². The number of aromatic nitrogens is 2. The third-order valence-electron chi connectivity index (χ3n) is 4.43. The van der Waals surface area contributed by atoms with Crippen LogP contribution in [0.2, 0.25) is 0 Å². The predicted octanol–water partition coefficient (Wildman–Crippen LogP) is 3.00. The maximum absolute atomic E-state index is 12.5. The number of carbonyl (C=O) groups is 1. The minimum absolute atomic E-state index is 0.00241. The van der Waals surface area contributed by atoms with Crippen molar-refractivity contribution in [2.75, 3.05) is 6.54 Å². The van der Waals surface area contributed by atoms with Gasteiger partial charge in [-0.1, -0.05) is 13.3 Å². The average molecular weight is 327 g/mol. The minimum atomic E-state index is -0.00241. The van der Waals surface area contributed by atoms with E-state index < -0.39 is 0 Å². The van der Waals surface area contributed by atoms with Crippen LogP contribution in [-0.2, 0) is 29.2 Å². The smallest absolute Gasteiger partial charge is 0.223 e. The molecule has 0 spiro atoms. The molecule has 0 N–H and O–H groups in total. The molecule has 2 aromatic heterocycles. The Bertz CT molecular complexity index is 654. The summed E-state index contributed by atoms with van der Waals surface area (Å²) >= 11 is 0. The Morgan fingerprint density at radius 3 is 2.92 bits per heavy atom. The van der Waals surface area contributed by atoms with Crippen molar-refractivity contribution < 1.29 is 9.53 Å². The van der Waals surface area contributed by atoms with E-state index in [2.05, 4.69) is 28.7 Å². The van der Waals surface area contributed by atoms with Crippen LogP contribution >= 0.6 is 0 Å². The second-order valence-corrected chi connectivity index (χ2v) is 6.32. The number of rotatable bonds is 6. The first-order valence-electron chi connectivity index (χ1n) is 8.68. The third kappa shape index (κ3) is 4.23. The quantitative estimate of drug-likeness (QED) is 0.819. The van der Waals surface area contributed by atoms with Crippen LogP contribution in [0.15, 0.2) is 42.9 Å². The van der Waals surface area contributed by atoms with Gasteiger partial charge in [0.2, 0.25) is 5.91 Å². The molecule has 1 unspecified atom stereocenters. The van der Waals surface area contributed by atoms with Gasteiger partial charge in [0.1, 0.15) is 0 Å². The Morgan fingerprint density at radius 2 is 2.12 bits per heavy atom. The van der Waals surface area contributed by atoms with Crippen molar-refractivity contribution >= 4 is 5.91 Å². The van der Waals surface area contributed by atoms with Crippen LogP contribution in [0.1, 0.15) is 37.4 Å². The van der Waals surface area contributed by atoms with E-state index in [9.17, 15) is 4.79 Å². The van der Waals surface area contributed by atoms with Gasteiger partial charge in [-0.05, 0) is 36.2 Å². The van der Waals surface area contributed by atoms with Crippen molar-refractivity contribution in [3.63, 3.8) is 0 Å². The molecule has 0 fully saturated rings. The van der Waals surface area contributed by atoms with Crippen molar-refractivity contribution in [3.8, 4) is 0 Å². The van der Waals surface area contributed by atoms with Gasteiger partial charge in [0.25, 0.3) is 0 Å². The van der Waals surface area contributed by atoms with E-state index in [-0.39, 0.29) is 12.0 Å². The van der Waals surface area contributed by atoms with Crippen molar-refractivity contribution in [2.45, 2.75) is 52.0 Å². The number of unbranched alkanes of at least 4 members (excludes halogenated alkanes) is 1. The molecule has 5 heteroatoms. The van der Waals surface area contributed by atoms with E-state index in [1.54, 1.807) is 12.4 Å². The number of nitrogens with zero attached hydrogens (tertiary/aromatic N) is 3. The van der Waals surface area contributed by atoms with E-state index in [1.807, 2.05) is 23.1 Å². The summed E-state index contributed by atoms with van der Waals surface area (Å²) in [5, 5.41) is 0. The summed E-state index contributed by atoms with van der Waals surface area (Å²) in [5.74, 6) is 0.226. The molecule has 1 aliphatic heterocycles. The fourth-order valence-corrected chi connectivity index (χ4v) is 3.03. The lowest BCUT2D eigenvalue weighted by molar-refractivity contribution is -0.134. The van der Waals surface area contributed by atoms with Crippen LogP contribution in [0.5, 0.6) is 0 Å². The summed E-state index contributed by atoms with van der Waals surface area (Å²) in [4.78, 5) is 18.5. The van der Waals surface area contributed by atoms with Gasteiger partial charge in [0.05, 0.1) is 25.8 Å². The van der Waals surface area contributed by atoms with Crippen molar-refractivity contribution in [3.05, 3.63) is 54.1 Å². The van der Waals surface area contributed by atoms with Crippen LogP contribution in [0.25, 0.3) is 0 Å². The standard InChI is InChI=1S/C19H25N3O2/c1-2-3-6-19(23)22-12-17-5-4-11-21(17)13-18(14-22)24-15-16-7-9-20-10-8-16/h4-5,7-11,18H,2-3,6,12-15H2,1H3. The second kappa shape index (κ2) is 8.11. The minimum Gasteiger partial charge on any atom is -0.370 e. The average Bonchev–Trinajstić information content (AvgIpc) is 2.96. The Labute approximate surface area is 143 Å². The molecule has 2 aromatic rings. The Morgan fingerprint density at radius 1 is 1.29 bits per heavy atom. The number of carbonyl (C=O) groups excluding carboxylic acids is 1. The van der Waals surface area contributed by atoms with Gasteiger partial charge in [-0.25, -0.2) is 0 Å². The number of pyridine rings is 1. The molecule has 0 aromatic carbocycles. The van der Waals surface area contributed by atoms with Crippen molar-refractivity contribution in [2.24, 2.45) is 0 Å². The largest absolute Gasteiger partial charge is 0.370 e. The van der Waals surface area contributed by atoms with Gasteiger partial charge in [-0.3, -0.25) is 9.78 Å². The zero-order valence-electron chi connectivity index (χ0n) is 14.2. The van der Waals surface area contributed by atoms with Crippen LogP contribution in [-0.4, -0.2) is 33.0 Å². The number of ether oxygens (including phenoxy) is 1. The zero-order valence-corrected chi connectivity index (χ0v) is 14.2. The van der Waals surface area contributed by atoms with Crippen LogP contribution in [0, 0.1) is 0 Å². The van der Waals surface area contributed by atoms with Crippen LogP contribution < -0.4 is 0 Å². The van der Waals surface area contributed by atoms with Gasteiger partial charge in [0, 0.05) is 37.3 Å². The lowest BCUT2D eigenvalue weighted by Gasteiger charge is -2.24. The van der Waals surface area contributed by atoms with E-state index in [4.69, 9.17) is 4.74 Å². The van der Waals surface area contributed by atoms with E-state index in [0.29, 0.717) is 26.1 Å². The maximum atomic E-state index is 12.5. The number of fused-ring (bicyclic) bond motifs is 1. The highest BCUT2D eigenvalue weighted by atomic mass is 16.5. The SMILES string of the molecule is CCCCC(=O)N1Cc2cccn2CC(OCc2ccncc2)C1. The number of hydrogen-bond donors (Lipinski definition) is 0. The molecule has 1 amide bonds. The molecule has 1 atom stereocenters. The molecule has 0 saturated carbocycles. The summed E-state index contributed by atoms with van der Waals surface area (Å²) in [6.45, 7) is 4.76. The highest BCUT2D eigenvalue weighted by molar-refractivity contribution is 5.76. The number of amides is 1. The molecule has 0 radical (unpaired) electrons. The van der Waals surface area contributed by atoms with Gasteiger partial charge in [-0.15, -0.1) is 0 Å². The first-order chi connectivity index (χ1) is 11.8. The molecule has 0 saturated heterocycles. The van der Waals surface area contributed by atoms with Gasteiger partial charge >= 0.3 is 0 Å². The maximum Gasteiger partial charge on any atom is 0.223 e. The second-order valence-electron chi connectivity index (χ2n) is 6.32. The zero-order chi connectivity index (χ0) is 16.8. The van der Waals surface area contributed by atoms with Crippen LogP contribution in [0.4, 0.5) is 0 Å². The Hall–Kier alpha value is -2.14. The molecular formula is C19H25N3O2. The van der Waals surface area contributed by atoms with Crippen molar-refractivity contribution in [1.82, 2.24) is 14.5 Å². The topological polar surface area (TPSA) is 47.4 Å². The summed E-state index contributed by atoms with van der Waals surface area (Å²) < 4.78 is 8.32. The Kier molecular flexibility index (Phi) is 5.64. The predicted molar refractivity (Wildman–Crippen MR) is 92.2 cm³/mol. The molecule has 3 rings (SSSR count). The first kappa shape index (κ1) is 16.7.